The van der Waals surface area contributed by atoms with Crippen LogP contribution < -0.4 is 5.32 Å². The van der Waals surface area contributed by atoms with Crippen molar-refractivity contribution in [2.24, 2.45) is 0 Å². The molecular weight excluding hydrogens is 236 g/mol. The van der Waals surface area contributed by atoms with Crippen molar-refractivity contribution in [3.63, 3.8) is 0 Å². The van der Waals surface area contributed by atoms with E-state index in [1.807, 2.05) is 30.5 Å². The average molecular weight is 256 g/mol. The van der Waals surface area contributed by atoms with Crippen LogP contribution in [0, 0.1) is 0 Å². The molecule has 2 amide bonds. The maximum Gasteiger partial charge on any atom is 0.248 e. The molecule has 2 fully saturated rings. The van der Waals surface area contributed by atoms with E-state index >= 15 is 0 Å². The van der Waals surface area contributed by atoms with Crippen molar-refractivity contribution in [3.05, 3.63) is 0 Å². The van der Waals surface area contributed by atoms with Crippen molar-refractivity contribution >= 4 is 23.6 Å². The standard InChI is InChI=1S/C12H20N2O2S/c1-3-12(2)11(16)14(6-4-10(15)13-12)9-5-7-17-8-9/h9H,3-8H2,1-2H3,(H,13,15). The molecule has 96 valence electrons. The average Bonchev–Trinajstić information content (AvgIpc) is 2.79. The van der Waals surface area contributed by atoms with Gasteiger partial charge in [-0.15, -0.1) is 0 Å². The Bertz CT molecular complexity index is 328. The number of hydrogen-bond donors (Lipinski definition) is 1. The summed E-state index contributed by atoms with van der Waals surface area (Å²) in [6.45, 7) is 4.37. The summed E-state index contributed by atoms with van der Waals surface area (Å²) in [6, 6.07) is 0.325. The van der Waals surface area contributed by atoms with Crippen LogP contribution in [-0.2, 0) is 9.59 Å². The number of nitrogens with one attached hydrogen (secondary N) is 1. The molecule has 0 radical (unpaired) electrons. The Kier molecular flexibility index (Phi) is 3.66. The van der Waals surface area contributed by atoms with Gasteiger partial charge < -0.3 is 10.2 Å². The molecular formula is C12H20N2O2S. The van der Waals surface area contributed by atoms with E-state index in [0.29, 0.717) is 25.4 Å². The molecule has 0 saturated carbocycles. The Morgan fingerprint density at radius 3 is 2.88 bits per heavy atom. The molecule has 0 aromatic heterocycles. The summed E-state index contributed by atoms with van der Waals surface area (Å²) in [5.74, 6) is 2.23. The van der Waals surface area contributed by atoms with Crippen molar-refractivity contribution < 1.29 is 9.59 Å². The van der Waals surface area contributed by atoms with E-state index in [2.05, 4.69) is 5.32 Å². The van der Waals surface area contributed by atoms with E-state index in [1.54, 1.807) is 0 Å². The summed E-state index contributed by atoms with van der Waals surface area (Å²) in [6.07, 6.45) is 2.14. The largest absolute Gasteiger partial charge is 0.342 e. The first kappa shape index (κ1) is 12.7. The predicted octanol–water partition coefficient (Wildman–Crippen LogP) is 1.01. The van der Waals surface area contributed by atoms with Crippen LogP contribution in [0.5, 0.6) is 0 Å². The molecule has 0 aromatic rings. The number of carbonyl (C=O) groups is 2. The van der Waals surface area contributed by atoms with Crippen molar-refractivity contribution in [1.82, 2.24) is 10.2 Å². The second kappa shape index (κ2) is 4.88. The second-order valence-electron chi connectivity index (χ2n) is 5.00. The molecule has 0 aliphatic carbocycles. The van der Waals surface area contributed by atoms with Gasteiger partial charge in [-0.05, 0) is 25.5 Å². The monoisotopic (exact) mass is 256 g/mol. The Balaban J connectivity index is 2.20. The van der Waals surface area contributed by atoms with Gasteiger partial charge in [0, 0.05) is 24.8 Å². The quantitative estimate of drug-likeness (QED) is 0.802. The van der Waals surface area contributed by atoms with Gasteiger partial charge in [0.25, 0.3) is 0 Å². The molecule has 17 heavy (non-hydrogen) atoms. The van der Waals surface area contributed by atoms with Crippen LogP contribution in [0.15, 0.2) is 0 Å². The molecule has 2 unspecified atom stereocenters. The van der Waals surface area contributed by atoms with Crippen LogP contribution in [0.4, 0.5) is 0 Å². The van der Waals surface area contributed by atoms with Crippen LogP contribution in [0.1, 0.15) is 33.1 Å². The number of thioether (sulfide) groups is 1. The van der Waals surface area contributed by atoms with Gasteiger partial charge in [0.05, 0.1) is 0 Å². The van der Waals surface area contributed by atoms with Gasteiger partial charge in [0.15, 0.2) is 0 Å². The van der Waals surface area contributed by atoms with Gasteiger partial charge in [-0.25, -0.2) is 0 Å². The van der Waals surface area contributed by atoms with Crippen molar-refractivity contribution in [2.45, 2.75) is 44.7 Å². The number of rotatable bonds is 2. The molecule has 0 aromatic carbocycles. The van der Waals surface area contributed by atoms with E-state index < -0.39 is 5.54 Å². The number of carbonyl (C=O) groups excluding carboxylic acids is 2. The lowest BCUT2D eigenvalue weighted by molar-refractivity contribution is -0.139. The zero-order chi connectivity index (χ0) is 12.5. The molecule has 2 rings (SSSR count). The van der Waals surface area contributed by atoms with E-state index in [1.165, 1.54) is 0 Å². The minimum Gasteiger partial charge on any atom is -0.342 e. The highest BCUT2D eigenvalue weighted by atomic mass is 32.2. The zero-order valence-corrected chi connectivity index (χ0v) is 11.3. The third-order valence-electron chi connectivity index (χ3n) is 3.78. The van der Waals surface area contributed by atoms with E-state index in [9.17, 15) is 9.59 Å². The highest BCUT2D eigenvalue weighted by Gasteiger charge is 2.41. The molecule has 2 saturated heterocycles. The SMILES string of the molecule is CCC1(C)NC(=O)CCN(C2CCSC2)C1=O. The van der Waals surface area contributed by atoms with Gasteiger partial charge in [0.2, 0.25) is 11.8 Å². The summed E-state index contributed by atoms with van der Waals surface area (Å²) < 4.78 is 0. The minimum atomic E-state index is -0.707. The van der Waals surface area contributed by atoms with Crippen LogP contribution in [0.3, 0.4) is 0 Å². The van der Waals surface area contributed by atoms with Crippen molar-refractivity contribution in [3.8, 4) is 0 Å². The number of amides is 2. The maximum absolute atomic E-state index is 12.5. The molecule has 2 aliphatic rings. The molecule has 1 N–H and O–H groups in total. The van der Waals surface area contributed by atoms with Gasteiger partial charge in [0.1, 0.15) is 5.54 Å². The Morgan fingerprint density at radius 2 is 2.29 bits per heavy atom. The normalized spacial score (nSPS) is 34.7. The molecule has 2 atom stereocenters. The highest BCUT2D eigenvalue weighted by molar-refractivity contribution is 7.99. The lowest BCUT2D eigenvalue weighted by Gasteiger charge is -2.34. The Morgan fingerprint density at radius 1 is 1.53 bits per heavy atom. The first-order valence-electron chi connectivity index (χ1n) is 6.26. The molecule has 2 heterocycles. The molecule has 5 heteroatoms. The van der Waals surface area contributed by atoms with E-state index in [4.69, 9.17) is 0 Å². The molecule has 0 spiro atoms. The Hall–Kier alpha value is -0.710. The van der Waals surface area contributed by atoms with Gasteiger partial charge >= 0.3 is 0 Å². The molecule has 0 bridgehead atoms. The minimum absolute atomic E-state index is 0.00384. The van der Waals surface area contributed by atoms with Gasteiger partial charge in [-0.1, -0.05) is 6.92 Å². The summed E-state index contributed by atoms with van der Waals surface area (Å²) in [7, 11) is 0. The summed E-state index contributed by atoms with van der Waals surface area (Å²) in [4.78, 5) is 26.1. The summed E-state index contributed by atoms with van der Waals surface area (Å²) in [5, 5.41) is 2.87. The lowest BCUT2D eigenvalue weighted by Crippen LogP contribution is -2.56. The van der Waals surface area contributed by atoms with Gasteiger partial charge in [-0.2, -0.15) is 11.8 Å². The first-order chi connectivity index (χ1) is 8.07. The van der Waals surface area contributed by atoms with Crippen molar-refractivity contribution in [1.29, 1.82) is 0 Å². The number of nitrogens with zero attached hydrogens (tertiary/aromatic N) is 1. The number of hydrogen-bond acceptors (Lipinski definition) is 3. The second-order valence-corrected chi connectivity index (χ2v) is 6.15. The smallest absolute Gasteiger partial charge is 0.248 e. The molecule has 2 aliphatic heterocycles. The topological polar surface area (TPSA) is 49.4 Å². The van der Waals surface area contributed by atoms with Crippen molar-refractivity contribution in [2.75, 3.05) is 18.1 Å². The summed E-state index contributed by atoms with van der Waals surface area (Å²) in [5.41, 5.74) is -0.707. The zero-order valence-electron chi connectivity index (χ0n) is 10.5. The van der Waals surface area contributed by atoms with E-state index in [0.717, 1.165) is 17.9 Å². The highest BCUT2D eigenvalue weighted by Crippen LogP contribution is 2.27. The fourth-order valence-electron chi connectivity index (χ4n) is 2.42. The summed E-state index contributed by atoms with van der Waals surface area (Å²) >= 11 is 1.89. The maximum atomic E-state index is 12.5. The van der Waals surface area contributed by atoms with E-state index in [-0.39, 0.29) is 11.8 Å². The fraction of sp³-hybridized carbons (Fsp3) is 0.833. The molecule has 4 nitrogen and oxygen atoms in total. The van der Waals surface area contributed by atoms with Crippen LogP contribution in [0.25, 0.3) is 0 Å². The Labute approximate surface area is 106 Å². The lowest BCUT2D eigenvalue weighted by atomic mass is 9.96. The first-order valence-corrected chi connectivity index (χ1v) is 7.42. The van der Waals surface area contributed by atoms with Crippen LogP contribution in [-0.4, -0.2) is 46.3 Å². The van der Waals surface area contributed by atoms with Crippen LogP contribution in [0.2, 0.25) is 0 Å². The fourth-order valence-corrected chi connectivity index (χ4v) is 3.64. The van der Waals surface area contributed by atoms with Gasteiger partial charge in [-0.3, -0.25) is 9.59 Å². The third kappa shape index (κ3) is 2.44. The van der Waals surface area contributed by atoms with Crippen LogP contribution >= 0.6 is 11.8 Å². The predicted molar refractivity (Wildman–Crippen MR) is 68.9 cm³/mol. The third-order valence-corrected chi connectivity index (χ3v) is 4.93.